The normalized spacial score (nSPS) is 12.5. The van der Waals surface area contributed by atoms with Crippen molar-refractivity contribution in [2.24, 2.45) is 0 Å². The molecule has 0 saturated carbocycles. The number of benzene rings is 1. The summed E-state index contributed by atoms with van der Waals surface area (Å²) in [7, 11) is 0. The van der Waals surface area contributed by atoms with E-state index in [1.165, 1.54) is 5.56 Å². The van der Waals surface area contributed by atoms with Crippen LogP contribution in [0.1, 0.15) is 30.5 Å². The van der Waals surface area contributed by atoms with E-state index >= 15 is 0 Å². The quantitative estimate of drug-likeness (QED) is 0.748. The van der Waals surface area contributed by atoms with Crippen molar-refractivity contribution in [1.82, 2.24) is 5.32 Å². The summed E-state index contributed by atoms with van der Waals surface area (Å²) in [6.07, 6.45) is 2.86. The van der Waals surface area contributed by atoms with Crippen LogP contribution in [0.15, 0.2) is 30.9 Å². The monoisotopic (exact) mass is 223 g/mol. The minimum atomic E-state index is 0.325. The van der Waals surface area contributed by atoms with Gasteiger partial charge in [-0.05, 0) is 37.1 Å². The third-order valence-electron chi connectivity index (χ3n) is 2.45. The summed E-state index contributed by atoms with van der Waals surface area (Å²) < 4.78 is 0. The van der Waals surface area contributed by atoms with E-state index in [4.69, 9.17) is 11.6 Å². The van der Waals surface area contributed by atoms with Crippen molar-refractivity contribution in [2.45, 2.75) is 26.3 Å². The molecule has 0 aromatic heterocycles. The van der Waals surface area contributed by atoms with E-state index in [0.717, 1.165) is 23.6 Å². The van der Waals surface area contributed by atoms with E-state index in [9.17, 15) is 0 Å². The van der Waals surface area contributed by atoms with Gasteiger partial charge in [-0.25, -0.2) is 0 Å². The van der Waals surface area contributed by atoms with Crippen molar-refractivity contribution in [2.75, 3.05) is 6.54 Å². The highest BCUT2D eigenvalue weighted by Crippen LogP contribution is 2.23. The summed E-state index contributed by atoms with van der Waals surface area (Å²) >= 11 is 6.10. The first-order valence-electron chi connectivity index (χ1n) is 5.29. The Labute approximate surface area is 97.1 Å². The zero-order valence-corrected chi connectivity index (χ0v) is 10.1. The van der Waals surface area contributed by atoms with Crippen molar-refractivity contribution in [1.29, 1.82) is 0 Å². The van der Waals surface area contributed by atoms with Crippen LogP contribution >= 0.6 is 11.6 Å². The number of nitrogens with one attached hydrogen (secondary N) is 1. The Morgan fingerprint density at radius 2 is 2.27 bits per heavy atom. The summed E-state index contributed by atoms with van der Waals surface area (Å²) in [5.74, 6) is 0. The average Bonchev–Trinajstić information content (AvgIpc) is 2.22. The van der Waals surface area contributed by atoms with E-state index in [1.807, 2.05) is 19.1 Å². The van der Waals surface area contributed by atoms with Crippen molar-refractivity contribution in [3.63, 3.8) is 0 Å². The standard InChI is InChI=1S/C13H18ClN/c1-4-6-13(15-5-2)11-8-7-10(3)12(14)9-11/h4,7-9,13,15H,1,5-6H2,2-3H3. The maximum Gasteiger partial charge on any atom is 0.0438 e. The lowest BCUT2D eigenvalue weighted by Crippen LogP contribution is -2.20. The van der Waals surface area contributed by atoms with Crippen LogP contribution in [0.2, 0.25) is 5.02 Å². The lowest BCUT2D eigenvalue weighted by Gasteiger charge is -2.17. The number of hydrogen-bond donors (Lipinski definition) is 1. The fourth-order valence-electron chi connectivity index (χ4n) is 1.58. The molecule has 1 atom stereocenters. The van der Waals surface area contributed by atoms with Gasteiger partial charge < -0.3 is 5.32 Å². The summed E-state index contributed by atoms with van der Waals surface area (Å²) in [5.41, 5.74) is 2.35. The van der Waals surface area contributed by atoms with Crippen LogP contribution in [0.25, 0.3) is 0 Å². The number of rotatable bonds is 5. The molecule has 1 rings (SSSR count). The summed E-state index contributed by atoms with van der Waals surface area (Å²) in [5, 5.41) is 4.25. The molecule has 82 valence electrons. The molecule has 0 saturated heterocycles. The molecule has 0 aliphatic carbocycles. The first kappa shape index (κ1) is 12.3. The van der Waals surface area contributed by atoms with Crippen LogP contribution in [-0.2, 0) is 0 Å². The molecule has 0 bridgehead atoms. The Morgan fingerprint density at radius 3 is 2.80 bits per heavy atom. The van der Waals surface area contributed by atoms with Gasteiger partial charge in [-0.3, -0.25) is 0 Å². The molecule has 0 spiro atoms. The molecule has 2 heteroatoms. The van der Waals surface area contributed by atoms with E-state index in [0.29, 0.717) is 6.04 Å². The first-order chi connectivity index (χ1) is 7.19. The minimum Gasteiger partial charge on any atom is -0.310 e. The highest BCUT2D eigenvalue weighted by molar-refractivity contribution is 6.31. The van der Waals surface area contributed by atoms with Crippen molar-refractivity contribution >= 4 is 11.6 Å². The molecule has 1 aromatic rings. The largest absolute Gasteiger partial charge is 0.310 e. The molecular weight excluding hydrogens is 206 g/mol. The zero-order chi connectivity index (χ0) is 11.3. The maximum atomic E-state index is 6.10. The predicted octanol–water partition coefficient (Wildman–Crippen LogP) is 3.88. The van der Waals surface area contributed by atoms with Crippen molar-refractivity contribution in [3.05, 3.63) is 47.0 Å². The predicted molar refractivity (Wildman–Crippen MR) is 67.4 cm³/mol. The minimum absolute atomic E-state index is 0.325. The molecule has 0 fully saturated rings. The van der Waals surface area contributed by atoms with Crippen LogP contribution in [0.4, 0.5) is 0 Å². The lowest BCUT2D eigenvalue weighted by atomic mass is 10.0. The number of halogens is 1. The Morgan fingerprint density at radius 1 is 1.53 bits per heavy atom. The molecule has 0 aliphatic heterocycles. The Hall–Kier alpha value is -0.790. The zero-order valence-electron chi connectivity index (χ0n) is 9.39. The third-order valence-corrected chi connectivity index (χ3v) is 2.86. The second-order valence-corrected chi connectivity index (χ2v) is 4.05. The van der Waals surface area contributed by atoms with Crippen LogP contribution in [0.5, 0.6) is 0 Å². The topological polar surface area (TPSA) is 12.0 Å². The third kappa shape index (κ3) is 3.37. The van der Waals surface area contributed by atoms with Gasteiger partial charge in [0.1, 0.15) is 0 Å². The molecular formula is C13H18ClN. The fraction of sp³-hybridized carbons (Fsp3) is 0.385. The molecule has 1 aromatic carbocycles. The SMILES string of the molecule is C=CCC(NCC)c1ccc(C)c(Cl)c1. The summed E-state index contributed by atoms with van der Waals surface area (Å²) in [6.45, 7) is 8.84. The van der Waals surface area contributed by atoms with Gasteiger partial charge in [0.2, 0.25) is 0 Å². The highest BCUT2D eigenvalue weighted by atomic mass is 35.5. The molecule has 0 aliphatic rings. The van der Waals surface area contributed by atoms with Gasteiger partial charge in [0.05, 0.1) is 0 Å². The van der Waals surface area contributed by atoms with Crippen LogP contribution < -0.4 is 5.32 Å². The smallest absolute Gasteiger partial charge is 0.0438 e. The van der Waals surface area contributed by atoms with Gasteiger partial charge in [-0.1, -0.05) is 36.7 Å². The van der Waals surface area contributed by atoms with Crippen LogP contribution in [-0.4, -0.2) is 6.54 Å². The number of aryl methyl sites for hydroxylation is 1. The van der Waals surface area contributed by atoms with Crippen LogP contribution in [0.3, 0.4) is 0 Å². The second-order valence-electron chi connectivity index (χ2n) is 3.64. The van der Waals surface area contributed by atoms with Crippen LogP contribution in [0, 0.1) is 6.92 Å². The summed E-state index contributed by atoms with van der Waals surface area (Å²) in [6, 6.07) is 6.54. The molecule has 15 heavy (non-hydrogen) atoms. The molecule has 0 radical (unpaired) electrons. The molecule has 1 N–H and O–H groups in total. The molecule has 0 amide bonds. The Kier molecular flexibility index (Phi) is 4.86. The fourth-order valence-corrected chi connectivity index (χ4v) is 1.77. The summed E-state index contributed by atoms with van der Waals surface area (Å²) in [4.78, 5) is 0. The van der Waals surface area contributed by atoms with E-state index in [-0.39, 0.29) is 0 Å². The van der Waals surface area contributed by atoms with E-state index in [2.05, 4.69) is 31.0 Å². The Balaban J connectivity index is 2.89. The molecule has 0 heterocycles. The van der Waals surface area contributed by atoms with Gasteiger partial charge in [0.25, 0.3) is 0 Å². The van der Waals surface area contributed by atoms with Crippen molar-refractivity contribution < 1.29 is 0 Å². The Bertz CT molecular complexity index is 333. The highest BCUT2D eigenvalue weighted by Gasteiger charge is 2.09. The second kappa shape index (κ2) is 5.94. The molecule has 1 unspecified atom stereocenters. The van der Waals surface area contributed by atoms with Gasteiger partial charge in [-0.15, -0.1) is 6.58 Å². The van der Waals surface area contributed by atoms with Gasteiger partial charge in [0, 0.05) is 11.1 Å². The average molecular weight is 224 g/mol. The lowest BCUT2D eigenvalue weighted by molar-refractivity contribution is 0.559. The van der Waals surface area contributed by atoms with Gasteiger partial charge >= 0.3 is 0 Å². The first-order valence-corrected chi connectivity index (χ1v) is 5.67. The van der Waals surface area contributed by atoms with Gasteiger partial charge in [0.15, 0.2) is 0 Å². The maximum absolute atomic E-state index is 6.10. The van der Waals surface area contributed by atoms with Crippen molar-refractivity contribution in [3.8, 4) is 0 Å². The molecule has 1 nitrogen and oxygen atoms in total. The van der Waals surface area contributed by atoms with E-state index < -0.39 is 0 Å². The number of hydrogen-bond acceptors (Lipinski definition) is 1. The van der Waals surface area contributed by atoms with E-state index in [1.54, 1.807) is 0 Å². The van der Waals surface area contributed by atoms with Gasteiger partial charge in [-0.2, -0.15) is 0 Å².